The summed E-state index contributed by atoms with van der Waals surface area (Å²) in [6.45, 7) is 0. The van der Waals surface area contributed by atoms with E-state index < -0.39 is 0 Å². The second kappa shape index (κ2) is 8.05. The van der Waals surface area contributed by atoms with E-state index in [0.29, 0.717) is 17.5 Å². The molecule has 2 aromatic heterocycles. The molecular formula is C26H18N4. The van der Waals surface area contributed by atoms with Crippen molar-refractivity contribution in [1.82, 2.24) is 19.9 Å². The van der Waals surface area contributed by atoms with Crippen LogP contribution in [0.15, 0.2) is 109 Å². The Morgan fingerprint density at radius 2 is 0.900 bits per heavy atom. The monoisotopic (exact) mass is 386 g/mol. The molecule has 0 unspecified atom stereocenters. The van der Waals surface area contributed by atoms with Gasteiger partial charge in [-0.25, -0.2) is 15.0 Å². The molecule has 142 valence electrons. The van der Waals surface area contributed by atoms with Crippen molar-refractivity contribution in [1.29, 1.82) is 0 Å². The van der Waals surface area contributed by atoms with E-state index in [-0.39, 0.29) is 0 Å². The maximum Gasteiger partial charge on any atom is 0.164 e. The van der Waals surface area contributed by atoms with Crippen molar-refractivity contribution < 1.29 is 0 Å². The predicted molar refractivity (Wildman–Crippen MR) is 119 cm³/mol. The molecule has 0 bridgehead atoms. The summed E-state index contributed by atoms with van der Waals surface area (Å²) in [7, 11) is 0. The summed E-state index contributed by atoms with van der Waals surface area (Å²) in [5.74, 6) is 1.96. The number of rotatable bonds is 4. The zero-order valence-electron chi connectivity index (χ0n) is 16.2. The summed E-state index contributed by atoms with van der Waals surface area (Å²) in [4.78, 5) is 18.6. The molecule has 0 fully saturated rings. The van der Waals surface area contributed by atoms with Gasteiger partial charge in [0.2, 0.25) is 0 Å². The highest BCUT2D eigenvalue weighted by Crippen LogP contribution is 2.27. The highest BCUT2D eigenvalue weighted by atomic mass is 15.0. The van der Waals surface area contributed by atoms with Crippen molar-refractivity contribution in [2.24, 2.45) is 0 Å². The fourth-order valence-electron chi connectivity index (χ4n) is 3.31. The number of hydrogen-bond acceptors (Lipinski definition) is 4. The average molecular weight is 386 g/mol. The van der Waals surface area contributed by atoms with Crippen molar-refractivity contribution in [3.8, 4) is 45.3 Å². The molecule has 0 aliphatic carbocycles. The summed E-state index contributed by atoms with van der Waals surface area (Å²) < 4.78 is 0. The van der Waals surface area contributed by atoms with Crippen molar-refractivity contribution in [3.05, 3.63) is 109 Å². The lowest BCUT2D eigenvalue weighted by Crippen LogP contribution is -2.00. The average Bonchev–Trinajstić information content (AvgIpc) is 2.85. The van der Waals surface area contributed by atoms with E-state index in [1.54, 1.807) is 6.20 Å². The zero-order chi connectivity index (χ0) is 20.2. The van der Waals surface area contributed by atoms with E-state index >= 15 is 0 Å². The van der Waals surface area contributed by atoms with Crippen LogP contribution in [0.4, 0.5) is 0 Å². The third-order valence-corrected chi connectivity index (χ3v) is 4.82. The molecule has 0 radical (unpaired) electrons. The molecule has 0 saturated heterocycles. The van der Waals surface area contributed by atoms with E-state index in [0.717, 1.165) is 27.8 Å². The zero-order valence-corrected chi connectivity index (χ0v) is 16.2. The van der Waals surface area contributed by atoms with E-state index in [2.05, 4.69) is 17.1 Å². The molecule has 0 amide bonds. The van der Waals surface area contributed by atoms with E-state index in [4.69, 9.17) is 15.0 Å². The lowest BCUT2D eigenvalue weighted by Gasteiger charge is -2.09. The molecule has 30 heavy (non-hydrogen) atoms. The molecule has 3 aromatic carbocycles. The first kappa shape index (κ1) is 17.9. The van der Waals surface area contributed by atoms with Gasteiger partial charge in [0.25, 0.3) is 0 Å². The number of hydrogen-bond donors (Lipinski definition) is 0. The van der Waals surface area contributed by atoms with Crippen LogP contribution in [-0.2, 0) is 0 Å². The lowest BCUT2D eigenvalue weighted by molar-refractivity contribution is 1.07. The molecule has 0 spiro atoms. The highest BCUT2D eigenvalue weighted by Gasteiger charge is 2.12. The summed E-state index contributed by atoms with van der Waals surface area (Å²) >= 11 is 0. The Morgan fingerprint density at radius 3 is 1.47 bits per heavy atom. The van der Waals surface area contributed by atoms with Crippen LogP contribution in [0.1, 0.15) is 0 Å². The fraction of sp³-hybridized carbons (Fsp3) is 0. The number of pyridine rings is 1. The van der Waals surface area contributed by atoms with Gasteiger partial charge in [-0.15, -0.1) is 0 Å². The Hall–Kier alpha value is -4.18. The second-order valence-corrected chi connectivity index (χ2v) is 6.86. The van der Waals surface area contributed by atoms with Gasteiger partial charge in [-0.3, -0.25) is 4.98 Å². The normalized spacial score (nSPS) is 10.7. The summed E-state index contributed by atoms with van der Waals surface area (Å²) in [5, 5.41) is 0. The first-order chi connectivity index (χ1) is 14.9. The topological polar surface area (TPSA) is 51.6 Å². The SMILES string of the molecule is c1ccc(-c2nc(-c3ccccc3)nc(-c3cccc(-c4cccnc4)c3)n2)cc1. The minimum atomic E-state index is 0.647. The first-order valence-corrected chi connectivity index (χ1v) is 9.74. The molecular weight excluding hydrogens is 368 g/mol. The Morgan fingerprint density at radius 1 is 0.400 bits per heavy atom. The minimum Gasteiger partial charge on any atom is -0.264 e. The molecule has 0 atom stereocenters. The lowest BCUT2D eigenvalue weighted by atomic mass is 10.0. The Balaban J connectivity index is 1.67. The first-order valence-electron chi connectivity index (χ1n) is 9.74. The fourth-order valence-corrected chi connectivity index (χ4v) is 3.31. The predicted octanol–water partition coefficient (Wildman–Crippen LogP) is 5.93. The molecule has 0 aliphatic heterocycles. The van der Waals surface area contributed by atoms with Gasteiger partial charge in [-0.1, -0.05) is 84.9 Å². The van der Waals surface area contributed by atoms with Crippen LogP contribution in [0, 0.1) is 0 Å². The van der Waals surface area contributed by atoms with Gasteiger partial charge >= 0.3 is 0 Å². The smallest absolute Gasteiger partial charge is 0.164 e. The van der Waals surface area contributed by atoms with Gasteiger partial charge in [-0.05, 0) is 17.7 Å². The van der Waals surface area contributed by atoms with Gasteiger partial charge in [0.15, 0.2) is 17.5 Å². The van der Waals surface area contributed by atoms with Crippen LogP contribution in [0.25, 0.3) is 45.3 Å². The molecule has 0 aliphatic rings. The van der Waals surface area contributed by atoms with Crippen LogP contribution < -0.4 is 0 Å². The van der Waals surface area contributed by atoms with Gasteiger partial charge in [0.1, 0.15) is 0 Å². The Bertz CT molecular complexity index is 1210. The van der Waals surface area contributed by atoms with E-state index in [1.807, 2.05) is 91.1 Å². The number of aromatic nitrogens is 4. The molecule has 5 rings (SSSR count). The molecule has 4 heteroatoms. The largest absolute Gasteiger partial charge is 0.264 e. The van der Waals surface area contributed by atoms with Crippen molar-refractivity contribution in [2.75, 3.05) is 0 Å². The molecule has 0 N–H and O–H groups in total. The third kappa shape index (κ3) is 3.71. The number of benzene rings is 3. The van der Waals surface area contributed by atoms with Crippen LogP contribution in [0.2, 0.25) is 0 Å². The van der Waals surface area contributed by atoms with Gasteiger partial charge in [-0.2, -0.15) is 0 Å². The van der Waals surface area contributed by atoms with Crippen LogP contribution >= 0.6 is 0 Å². The minimum absolute atomic E-state index is 0.647. The van der Waals surface area contributed by atoms with Crippen LogP contribution in [0.5, 0.6) is 0 Å². The number of nitrogens with zero attached hydrogens (tertiary/aromatic N) is 4. The molecule has 4 nitrogen and oxygen atoms in total. The second-order valence-electron chi connectivity index (χ2n) is 6.86. The van der Waals surface area contributed by atoms with Crippen LogP contribution in [-0.4, -0.2) is 19.9 Å². The molecule has 5 aromatic rings. The van der Waals surface area contributed by atoms with E-state index in [1.165, 1.54) is 0 Å². The highest BCUT2D eigenvalue weighted by molar-refractivity contribution is 5.72. The van der Waals surface area contributed by atoms with Gasteiger partial charge in [0, 0.05) is 34.6 Å². The standard InChI is InChI=1S/C26H18N4/c1-3-9-19(10-4-1)24-28-25(20-11-5-2-6-12-20)30-26(29-24)22-14-7-13-21(17-22)23-15-8-16-27-18-23/h1-18H. The summed E-state index contributed by atoms with van der Waals surface area (Å²) in [6, 6.07) is 32.2. The van der Waals surface area contributed by atoms with Crippen molar-refractivity contribution in [3.63, 3.8) is 0 Å². The molecule has 2 heterocycles. The maximum absolute atomic E-state index is 4.80. The van der Waals surface area contributed by atoms with Gasteiger partial charge in [0.05, 0.1) is 0 Å². The Labute approximate surface area is 175 Å². The third-order valence-electron chi connectivity index (χ3n) is 4.82. The van der Waals surface area contributed by atoms with Gasteiger partial charge < -0.3 is 0 Å². The van der Waals surface area contributed by atoms with Crippen molar-refractivity contribution in [2.45, 2.75) is 0 Å². The Kier molecular flexibility index (Phi) is 4.80. The molecule has 0 saturated carbocycles. The maximum atomic E-state index is 4.80. The van der Waals surface area contributed by atoms with Crippen LogP contribution in [0.3, 0.4) is 0 Å². The summed E-state index contributed by atoms with van der Waals surface area (Å²) in [5.41, 5.74) is 4.99. The summed E-state index contributed by atoms with van der Waals surface area (Å²) in [6.07, 6.45) is 3.63. The van der Waals surface area contributed by atoms with E-state index in [9.17, 15) is 0 Å². The quantitative estimate of drug-likeness (QED) is 0.384. The van der Waals surface area contributed by atoms with Crippen molar-refractivity contribution >= 4 is 0 Å².